The van der Waals surface area contributed by atoms with Gasteiger partial charge in [0.25, 0.3) is 0 Å². The SMILES string of the molecule is CC(C1CCCC1)C1CCNC1. The zero-order chi connectivity index (χ0) is 8.39. The molecule has 1 aliphatic heterocycles. The molecule has 2 aliphatic rings. The van der Waals surface area contributed by atoms with E-state index in [4.69, 9.17) is 0 Å². The van der Waals surface area contributed by atoms with Gasteiger partial charge in [-0.1, -0.05) is 32.6 Å². The Hall–Kier alpha value is -0.0400. The predicted octanol–water partition coefficient (Wildman–Crippen LogP) is 2.42. The van der Waals surface area contributed by atoms with Crippen LogP contribution in [0.4, 0.5) is 0 Å². The maximum atomic E-state index is 3.48. The largest absolute Gasteiger partial charge is 0.316 e. The first-order valence-electron chi connectivity index (χ1n) is 5.58. The van der Waals surface area contributed by atoms with Gasteiger partial charge in [-0.15, -0.1) is 0 Å². The van der Waals surface area contributed by atoms with Crippen LogP contribution in [-0.2, 0) is 0 Å². The van der Waals surface area contributed by atoms with E-state index in [-0.39, 0.29) is 0 Å². The van der Waals surface area contributed by atoms with Crippen LogP contribution in [0.1, 0.15) is 39.0 Å². The van der Waals surface area contributed by atoms with Crippen LogP contribution in [0.5, 0.6) is 0 Å². The van der Waals surface area contributed by atoms with Crippen LogP contribution in [-0.4, -0.2) is 13.1 Å². The molecular formula is C11H21N. The van der Waals surface area contributed by atoms with E-state index in [9.17, 15) is 0 Å². The molecule has 70 valence electrons. The summed E-state index contributed by atoms with van der Waals surface area (Å²) in [6.07, 6.45) is 7.44. The number of hydrogen-bond acceptors (Lipinski definition) is 1. The molecule has 0 aromatic rings. The molecule has 1 saturated heterocycles. The second-order valence-electron chi connectivity index (χ2n) is 4.66. The van der Waals surface area contributed by atoms with E-state index in [1.807, 2.05) is 0 Å². The van der Waals surface area contributed by atoms with Crippen LogP contribution >= 0.6 is 0 Å². The Morgan fingerprint density at radius 2 is 1.83 bits per heavy atom. The van der Waals surface area contributed by atoms with Gasteiger partial charge in [-0.05, 0) is 37.3 Å². The Kier molecular flexibility index (Phi) is 2.69. The van der Waals surface area contributed by atoms with Crippen LogP contribution in [0, 0.1) is 17.8 Å². The average molecular weight is 167 g/mol. The van der Waals surface area contributed by atoms with E-state index in [1.165, 1.54) is 45.2 Å². The highest BCUT2D eigenvalue weighted by atomic mass is 14.9. The molecule has 2 fully saturated rings. The quantitative estimate of drug-likeness (QED) is 0.666. The monoisotopic (exact) mass is 167 g/mol. The molecule has 0 bridgehead atoms. The molecule has 1 heterocycles. The lowest BCUT2D eigenvalue weighted by Crippen LogP contribution is -2.21. The molecule has 0 spiro atoms. The van der Waals surface area contributed by atoms with Crippen molar-refractivity contribution in [1.82, 2.24) is 5.32 Å². The summed E-state index contributed by atoms with van der Waals surface area (Å²) < 4.78 is 0. The molecular weight excluding hydrogens is 146 g/mol. The Bertz CT molecular complexity index is 116. The Labute approximate surface area is 75.9 Å². The lowest BCUT2D eigenvalue weighted by Gasteiger charge is -2.24. The van der Waals surface area contributed by atoms with Gasteiger partial charge < -0.3 is 5.32 Å². The molecule has 1 aliphatic carbocycles. The third-order valence-corrected chi connectivity index (χ3v) is 3.99. The Morgan fingerprint density at radius 3 is 2.42 bits per heavy atom. The second kappa shape index (κ2) is 3.78. The van der Waals surface area contributed by atoms with Gasteiger partial charge in [-0.2, -0.15) is 0 Å². The molecule has 1 nitrogen and oxygen atoms in total. The smallest absolute Gasteiger partial charge is 0.00174 e. The zero-order valence-electron chi connectivity index (χ0n) is 8.18. The van der Waals surface area contributed by atoms with E-state index in [2.05, 4.69) is 12.2 Å². The van der Waals surface area contributed by atoms with Crippen LogP contribution < -0.4 is 5.32 Å². The average Bonchev–Trinajstić information content (AvgIpc) is 2.77. The number of rotatable bonds is 2. The fraction of sp³-hybridized carbons (Fsp3) is 1.00. The second-order valence-corrected chi connectivity index (χ2v) is 4.66. The summed E-state index contributed by atoms with van der Waals surface area (Å²) in [6.45, 7) is 5.03. The van der Waals surface area contributed by atoms with Crippen molar-refractivity contribution in [3.8, 4) is 0 Å². The van der Waals surface area contributed by atoms with Gasteiger partial charge in [-0.25, -0.2) is 0 Å². The Morgan fingerprint density at radius 1 is 1.08 bits per heavy atom. The third-order valence-electron chi connectivity index (χ3n) is 3.99. The topological polar surface area (TPSA) is 12.0 Å². The molecule has 0 radical (unpaired) electrons. The third kappa shape index (κ3) is 1.66. The first kappa shape index (κ1) is 8.55. The minimum absolute atomic E-state index is 0.988. The van der Waals surface area contributed by atoms with Crippen molar-refractivity contribution in [3.05, 3.63) is 0 Å². The summed E-state index contributed by atoms with van der Waals surface area (Å²) in [5, 5.41) is 3.48. The van der Waals surface area contributed by atoms with Gasteiger partial charge in [0.05, 0.1) is 0 Å². The summed E-state index contributed by atoms with van der Waals surface area (Å²) in [7, 11) is 0. The molecule has 0 aromatic heterocycles. The van der Waals surface area contributed by atoms with Crippen molar-refractivity contribution in [2.45, 2.75) is 39.0 Å². The Balaban J connectivity index is 1.84. The minimum atomic E-state index is 0.988. The van der Waals surface area contributed by atoms with Crippen LogP contribution in [0.3, 0.4) is 0 Å². The zero-order valence-corrected chi connectivity index (χ0v) is 8.18. The fourth-order valence-electron chi connectivity index (χ4n) is 2.99. The van der Waals surface area contributed by atoms with Crippen molar-refractivity contribution < 1.29 is 0 Å². The normalized spacial score (nSPS) is 34.2. The van der Waals surface area contributed by atoms with Gasteiger partial charge >= 0.3 is 0 Å². The number of nitrogens with one attached hydrogen (secondary N) is 1. The summed E-state index contributed by atoms with van der Waals surface area (Å²) in [4.78, 5) is 0. The minimum Gasteiger partial charge on any atom is -0.316 e. The molecule has 0 amide bonds. The molecule has 1 heteroatoms. The van der Waals surface area contributed by atoms with Crippen molar-refractivity contribution in [1.29, 1.82) is 0 Å². The van der Waals surface area contributed by atoms with E-state index >= 15 is 0 Å². The van der Waals surface area contributed by atoms with Gasteiger partial charge in [0.1, 0.15) is 0 Å². The lowest BCUT2D eigenvalue weighted by atomic mass is 9.81. The maximum absolute atomic E-state index is 3.48. The first-order chi connectivity index (χ1) is 5.88. The van der Waals surface area contributed by atoms with Gasteiger partial charge in [-0.3, -0.25) is 0 Å². The standard InChI is InChI=1S/C11H21N/c1-9(10-4-2-3-5-10)11-6-7-12-8-11/h9-12H,2-8H2,1H3. The lowest BCUT2D eigenvalue weighted by molar-refractivity contribution is 0.265. The summed E-state index contributed by atoms with van der Waals surface area (Å²) in [5.74, 6) is 3.05. The molecule has 0 aromatic carbocycles. The van der Waals surface area contributed by atoms with Crippen molar-refractivity contribution in [2.75, 3.05) is 13.1 Å². The van der Waals surface area contributed by atoms with E-state index in [0.717, 1.165) is 17.8 Å². The molecule has 1 saturated carbocycles. The predicted molar refractivity (Wildman–Crippen MR) is 52.1 cm³/mol. The molecule has 12 heavy (non-hydrogen) atoms. The number of hydrogen-bond donors (Lipinski definition) is 1. The summed E-state index contributed by atoms with van der Waals surface area (Å²) in [5.41, 5.74) is 0. The van der Waals surface area contributed by atoms with Crippen molar-refractivity contribution in [2.24, 2.45) is 17.8 Å². The summed E-state index contributed by atoms with van der Waals surface area (Å²) in [6, 6.07) is 0. The van der Waals surface area contributed by atoms with Gasteiger partial charge in [0.15, 0.2) is 0 Å². The fourth-order valence-corrected chi connectivity index (χ4v) is 2.99. The highest BCUT2D eigenvalue weighted by Gasteiger charge is 2.29. The van der Waals surface area contributed by atoms with E-state index < -0.39 is 0 Å². The maximum Gasteiger partial charge on any atom is -0.00174 e. The van der Waals surface area contributed by atoms with E-state index in [0.29, 0.717) is 0 Å². The van der Waals surface area contributed by atoms with Gasteiger partial charge in [0, 0.05) is 0 Å². The van der Waals surface area contributed by atoms with Gasteiger partial charge in [0.2, 0.25) is 0 Å². The molecule has 2 unspecified atom stereocenters. The highest BCUT2D eigenvalue weighted by molar-refractivity contribution is 4.82. The first-order valence-corrected chi connectivity index (χ1v) is 5.58. The van der Waals surface area contributed by atoms with Crippen molar-refractivity contribution in [3.63, 3.8) is 0 Å². The molecule has 1 N–H and O–H groups in total. The van der Waals surface area contributed by atoms with Crippen LogP contribution in [0.15, 0.2) is 0 Å². The van der Waals surface area contributed by atoms with E-state index in [1.54, 1.807) is 0 Å². The molecule has 2 rings (SSSR count). The molecule has 2 atom stereocenters. The van der Waals surface area contributed by atoms with Crippen LogP contribution in [0.2, 0.25) is 0 Å². The summed E-state index contributed by atoms with van der Waals surface area (Å²) >= 11 is 0. The highest BCUT2D eigenvalue weighted by Crippen LogP contribution is 2.36. The van der Waals surface area contributed by atoms with Crippen LogP contribution in [0.25, 0.3) is 0 Å². The van der Waals surface area contributed by atoms with Crippen molar-refractivity contribution >= 4 is 0 Å².